The molecule has 3 heteroatoms. The van der Waals surface area contributed by atoms with Crippen LogP contribution in [-0.2, 0) is 4.79 Å². The number of carbonyl (C=O) groups excluding carboxylic acids is 1. The molecule has 2 rings (SSSR count). The first-order chi connectivity index (χ1) is 8.18. The standard InChI is InChI=1S/C14H26N2O/c1-14(8-2-3-9-14)16-13(17)5-4-12-6-10-15-11-7-12/h12,15H,2-11H2,1H3,(H,16,17). The minimum atomic E-state index is 0.102. The summed E-state index contributed by atoms with van der Waals surface area (Å²) in [6.07, 6.45) is 9.13. The van der Waals surface area contributed by atoms with Gasteiger partial charge in [-0.05, 0) is 58.0 Å². The Morgan fingerprint density at radius 2 is 1.94 bits per heavy atom. The minimum absolute atomic E-state index is 0.102. The zero-order valence-electron chi connectivity index (χ0n) is 11.1. The number of piperidine rings is 1. The number of nitrogens with one attached hydrogen (secondary N) is 2. The van der Waals surface area contributed by atoms with E-state index in [2.05, 4.69) is 17.6 Å². The molecule has 1 aliphatic carbocycles. The highest BCUT2D eigenvalue weighted by Crippen LogP contribution is 2.29. The van der Waals surface area contributed by atoms with Crippen molar-refractivity contribution in [3.8, 4) is 0 Å². The highest BCUT2D eigenvalue weighted by atomic mass is 16.1. The molecular weight excluding hydrogens is 212 g/mol. The summed E-state index contributed by atoms with van der Waals surface area (Å²) in [5, 5.41) is 6.61. The zero-order chi connectivity index (χ0) is 12.1. The summed E-state index contributed by atoms with van der Waals surface area (Å²) in [7, 11) is 0. The third kappa shape index (κ3) is 3.98. The zero-order valence-corrected chi connectivity index (χ0v) is 11.1. The number of amides is 1. The van der Waals surface area contributed by atoms with E-state index < -0.39 is 0 Å². The monoisotopic (exact) mass is 238 g/mol. The van der Waals surface area contributed by atoms with Crippen molar-refractivity contribution in [1.82, 2.24) is 10.6 Å². The van der Waals surface area contributed by atoms with E-state index in [1.54, 1.807) is 0 Å². The van der Waals surface area contributed by atoms with Gasteiger partial charge in [0.15, 0.2) is 0 Å². The molecule has 2 N–H and O–H groups in total. The maximum atomic E-state index is 11.9. The normalized spacial score (nSPS) is 24.8. The summed E-state index contributed by atoms with van der Waals surface area (Å²) >= 11 is 0. The SMILES string of the molecule is CC1(NC(=O)CCC2CCNCC2)CCCC1. The van der Waals surface area contributed by atoms with Crippen molar-refractivity contribution in [2.75, 3.05) is 13.1 Å². The molecule has 1 saturated heterocycles. The van der Waals surface area contributed by atoms with Gasteiger partial charge in [-0.3, -0.25) is 4.79 Å². The first kappa shape index (κ1) is 12.9. The fourth-order valence-corrected chi connectivity index (χ4v) is 3.19. The number of rotatable bonds is 4. The Hall–Kier alpha value is -0.570. The second kappa shape index (κ2) is 5.85. The van der Waals surface area contributed by atoms with Crippen LogP contribution in [0.2, 0.25) is 0 Å². The average molecular weight is 238 g/mol. The predicted molar refractivity (Wildman–Crippen MR) is 69.8 cm³/mol. The molecule has 0 aromatic rings. The Kier molecular flexibility index (Phi) is 4.43. The highest BCUT2D eigenvalue weighted by molar-refractivity contribution is 5.76. The Balaban J connectivity index is 1.66. The number of hydrogen-bond donors (Lipinski definition) is 2. The lowest BCUT2D eigenvalue weighted by Crippen LogP contribution is -2.43. The second-order valence-electron chi connectivity index (χ2n) is 6.05. The lowest BCUT2D eigenvalue weighted by atomic mass is 9.92. The maximum Gasteiger partial charge on any atom is 0.220 e. The molecule has 0 unspecified atom stereocenters. The van der Waals surface area contributed by atoms with Gasteiger partial charge in [0.25, 0.3) is 0 Å². The van der Waals surface area contributed by atoms with Crippen molar-refractivity contribution in [1.29, 1.82) is 0 Å². The van der Waals surface area contributed by atoms with Crippen molar-refractivity contribution in [3.63, 3.8) is 0 Å². The smallest absolute Gasteiger partial charge is 0.220 e. The molecule has 3 nitrogen and oxygen atoms in total. The van der Waals surface area contributed by atoms with Gasteiger partial charge in [0, 0.05) is 12.0 Å². The van der Waals surface area contributed by atoms with Gasteiger partial charge in [0.2, 0.25) is 5.91 Å². The van der Waals surface area contributed by atoms with E-state index in [9.17, 15) is 4.79 Å². The molecule has 0 aromatic heterocycles. The molecular formula is C14H26N2O. The Labute approximate surface area is 105 Å². The van der Waals surface area contributed by atoms with Crippen LogP contribution in [0.15, 0.2) is 0 Å². The summed E-state index contributed by atoms with van der Waals surface area (Å²) in [4.78, 5) is 11.9. The molecule has 98 valence electrons. The van der Waals surface area contributed by atoms with E-state index in [0.29, 0.717) is 0 Å². The van der Waals surface area contributed by atoms with E-state index in [-0.39, 0.29) is 11.4 Å². The molecule has 0 aromatic carbocycles. The van der Waals surface area contributed by atoms with Gasteiger partial charge in [0.05, 0.1) is 0 Å². The fourth-order valence-electron chi connectivity index (χ4n) is 3.19. The van der Waals surface area contributed by atoms with Gasteiger partial charge in [-0.15, -0.1) is 0 Å². The van der Waals surface area contributed by atoms with Crippen LogP contribution in [0.4, 0.5) is 0 Å². The van der Waals surface area contributed by atoms with Crippen molar-refractivity contribution < 1.29 is 4.79 Å². The molecule has 1 aliphatic heterocycles. The summed E-state index contributed by atoms with van der Waals surface area (Å²) in [6.45, 7) is 4.45. The van der Waals surface area contributed by atoms with Gasteiger partial charge >= 0.3 is 0 Å². The van der Waals surface area contributed by atoms with E-state index >= 15 is 0 Å². The third-order valence-corrected chi connectivity index (χ3v) is 4.39. The molecule has 0 atom stereocenters. The van der Waals surface area contributed by atoms with Crippen molar-refractivity contribution in [2.45, 2.75) is 63.8 Å². The van der Waals surface area contributed by atoms with Gasteiger partial charge in [-0.25, -0.2) is 0 Å². The van der Waals surface area contributed by atoms with E-state index in [1.807, 2.05) is 0 Å². The molecule has 17 heavy (non-hydrogen) atoms. The summed E-state index contributed by atoms with van der Waals surface area (Å²) < 4.78 is 0. The molecule has 0 radical (unpaired) electrons. The largest absolute Gasteiger partial charge is 0.351 e. The summed E-state index contributed by atoms with van der Waals surface area (Å²) in [5.41, 5.74) is 0.102. The van der Waals surface area contributed by atoms with Crippen molar-refractivity contribution >= 4 is 5.91 Å². The van der Waals surface area contributed by atoms with Crippen molar-refractivity contribution in [2.24, 2.45) is 5.92 Å². The van der Waals surface area contributed by atoms with Crippen LogP contribution >= 0.6 is 0 Å². The van der Waals surface area contributed by atoms with Gasteiger partial charge < -0.3 is 10.6 Å². The highest BCUT2D eigenvalue weighted by Gasteiger charge is 2.30. The molecule has 1 heterocycles. The topological polar surface area (TPSA) is 41.1 Å². The molecule has 0 bridgehead atoms. The first-order valence-corrected chi connectivity index (χ1v) is 7.20. The van der Waals surface area contributed by atoms with E-state index in [1.165, 1.54) is 25.7 Å². The van der Waals surface area contributed by atoms with E-state index in [0.717, 1.165) is 44.7 Å². The van der Waals surface area contributed by atoms with Crippen LogP contribution in [0.1, 0.15) is 58.3 Å². The Bertz CT molecular complexity index is 253. The molecule has 2 fully saturated rings. The Morgan fingerprint density at radius 3 is 2.59 bits per heavy atom. The van der Waals surface area contributed by atoms with Crippen LogP contribution in [0.5, 0.6) is 0 Å². The van der Waals surface area contributed by atoms with Crippen molar-refractivity contribution in [3.05, 3.63) is 0 Å². The number of hydrogen-bond acceptors (Lipinski definition) is 2. The lowest BCUT2D eigenvalue weighted by molar-refractivity contribution is -0.123. The molecule has 1 amide bonds. The molecule has 0 spiro atoms. The molecule has 1 saturated carbocycles. The summed E-state index contributed by atoms with van der Waals surface area (Å²) in [6, 6.07) is 0. The average Bonchev–Trinajstić information content (AvgIpc) is 2.74. The van der Waals surface area contributed by atoms with Gasteiger partial charge in [-0.1, -0.05) is 12.8 Å². The van der Waals surface area contributed by atoms with Gasteiger partial charge in [-0.2, -0.15) is 0 Å². The maximum absolute atomic E-state index is 11.9. The number of carbonyl (C=O) groups is 1. The first-order valence-electron chi connectivity index (χ1n) is 7.20. The predicted octanol–water partition coefficient (Wildman–Crippen LogP) is 2.22. The fraction of sp³-hybridized carbons (Fsp3) is 0.929. The Morgan fingerprint density at radius 1 is 1.29 bits per heavy atom. The quantitative estimate of drug-likeness (QED) is 0.788. The lowest BCUT2D eigenvalue weighted by Gasteiger charge is -2.26. The van der Waals surface area contributed by atoms with Crippen LogP contribution in [0.3, 0.4) is 0 Å². The van der Waals surface area contributed by atoms with Crippen LogP contribution in [0.25, 0.3) is 0 Å². The molecule has 2 aliphatic rings. The minimum Gasteiger partial charge on any atom is -0.351 e. The third-order valence-electron chi connectivity index (χ3n) is 4.39. The summed E-state index contributed by atoms with van der Waals surface area (Å²) in [5.74, 6) is 1.03. The van der Waals surface area contributed by atoms with Crippen LogP contribution < -0.4 is 10.6 Å². The second-order valence-corrected chi connectivity index (χ2v) is 6.05. The van der Waals surface area contributed by atoms with Crippen LogP contribution in [0, 0.1) is 5.92 Å². The van der Waals surface area contributed by atoms with E-state index in [4.69, 9.17) is 0 Å². The van der Waals surface area contributed by atoms with Gasteiger partial charge in [0.1, 0.15) is 0 Å². The van der Waals surface area contributed by atoms with Crippen LogP contribution in [-0.4, -0.2) is 24.5 Å².